The number of rotatable bonds is 10. The zero-order chi connectivity index (χ0) is 28.3. The predicted molar refractivity (Wildman–Crippen MR) is 149 cm³/mol. The number of halogens is 1. The van der Waals surface area contributed by atoms with Crippen molar-refractivity contribution in [1.82, 2.24) is 0 Å². The van der Waals surface area contributed by atoms with Gasteiger partial charge in [0.05, 0.1) is 6.61 Å². The zero-order valence-corrected chi connectivity index (χ0v) is 24.2. The second kappa shape index (κ2) is 15.1. The number of ether oxygens (including phenoxy) is 1. The third-order valence-corrected chi connectivity index (χ3v) is 7.44. The van der Waals surface area contributed by atoms with Gasteiger partial charge in [0.25, 0.3) is 0 Å². The van der Waals surface area contributed by atoms with Gasteiger partial charge in [0.1, 0.15) is 5.75 Å². The second-order valence-corrected chi connectivity index (χ2v) is 11.0. The lowest BCUT2D eigenvalue weighted by Crippen LogP contribution is -2.68. The standard InChI is InChI=1S/C32H35OS.ClHO4/c1-4-7-8-21-33-30-19-17-26(18-20-30)29-22-31(27-13-9-24(5-2)10-14-27)34-32(23-29)28-15-11-25(6-3)12-16-28;2-1(3,4)5/h9-20,22-23H,4-8,21H2,1-3H3;(H,2,3,4,5)/q+1;/p-1. The molecule has 0 bridgehead atoms. The molecular weight excluding hydrogens is 532 g/mol. The van der Waals surface area contributed by atoms with Gasteiger partial charge in [0.2, 0.25) is 21.1 Å². The molecule has 0 fully saturated rings. The molecule has 39 heavy (non-hydrogen) atoms. The van der Waals surface area contributed by atoms with Crippen molar-refractivity contribution in [3.63, 3.8) is 0 Å². The largest absolute Gasteiger partial charge is 0.494 e. The third-order valence-electron chi connectivity index (χ3n) is 6.29. The van der Waals surface area contributed by atoms with Gasteiger partial charge in [-0.3, -0.25) is 0 Å². The van der Waals surface area contributed by atoms with Crippen molar-refractivity contribution in [2.75, 3.05) is 6.61 Å². The summed E-state index contributed by atoms with van der Waals surface area (Å²) in [4.78, 5) is 2.57. The lowest BCUT2D eigenvalue weighted by atomic mass is 10.0. The Morgan fingerprint density at radius 3 is 1.44 bits per heavy atom. The molecule has 0 aliphatic heterocycles. The summed E-state index contributed by atoms with van der Waals surface area (Å²) < 4.78 is 39.9. The molecule has 206 valence electrons. The lowest BCUT2D eigenvalue weighted by molar-refractivity contribution is -2.00. The minimum Gasteiger partial charge on any atom is -0.494 e. The van der Waals surface area contributed by atoms with Gasteiger partial charge < -0.3 is 4.74 Å². The first-order valence-corrected chi connectivity index (χ1v) is 15.3. The highest BCUT2D eigenvalue weighted by atomic mass is 35.7. The van der Waals surface area contributed by atoms with E-state index < -0.39 is 10.2 Å². The maximum atomic E-state index is 8.49. The van der Waals surface area contributed by atoms with Crippen LogP contribution < -0.4 is 23.4 Å². The Morgan fingerprint density at radius 1 is 0.590 bits per heavy atom. The van der Waals surface area contributed by atoms with Gasteiger partial charge in [-0.2, -0.15) is 0 Å². The van der Waals surface area contributed by atoms with Crippen molar-refractivity contribution in [3.8, 4) is 37.8 Å². The molecule has 0 unspecified atom stereocenters. The Bertz CT molecular complexity index is 1210. The fourth-order valence-electron chi connectivity index (χ4n) is 4.05. The van der Waals surface area contributed by atoms with Gasteiger partial charge in [-0.15, -0.1) is 10.2 Å². The van der Waals surface area contributed by atoms with E-state index in [1.807, 2.05) is 11.3 Å². The fourth-order valence-corrected chi connectivity index (χ4v) is 5.16. The van der Waals surface area contributed by atoms with Crippen LogP contribution in [0.5, 0.6) is 5.75 Å². The summed E-state index contributed by atoms with van der Waals surface area (Å²) in [5.41, 5.74) is 7.73. The van der Waals surface area contributed by atoms with Crippen molar-refractivity contribution >= 4 is 11.3 Å². The monoisotopic (exact) mass is 566 g/mol. The molecule has 4 aromatic rings. The van der Waals surface area contributed by atoms with Crippen molar-refractivity contribution < 1.29 is 33.6 Å². The summed E-state index contributed by atoms with van der Waals surface area (Å²) >= 11 is 1.86. The first kappa shape index (κ1) is 30.7. The van der Waals surface area contributed by atoms with Crippen LogP contribution in [0.1, 0.15) is 51.2 Å². The quantitative estimate of drug-likeness (QED) is 0.199. The van der Waals surface area contributed by atoms with E-state index in [0.717, 1.165) is 31.6 Å². The molecule has 0 aliphatic rings. The van der Waals surface area contributed by atoms with Crippen LogP contribution in [0, 0.1) is 10.2 Å². The molecular formula is C32H35ClO5S. The van der Waals surface area contributed by atoms with Crippen LogP contribution in [0.15, 0.2) is 84.9 Å². The molecule has 0 spiro atoms. The molecule has 0 radical (unpaired) electrons. The molecule has 1 aromatic heterocycles. The topological polar surface area (TPSA) is 101 Å². The molecule has 0 amide bonds. The summed E-state index contributed by atoms with van der Waals surface area (Å²) in [5, 5.41) is 0. The van der Waals surface area contributed by atoms with E-state index in [4.69, 9.17) is 23.4 Å². The van der Waals surface area contributed by atoms with Crippen LogP contribution in [0.25, 0.3) is 32.0 Å². The molecule has 0 saturated carbocycles. The molecule has 7 heteroatoms. The van der Waals surface area contributed by atoms with Crippen LogP contribution in [-0.4, -0.2) is 6.61 Å². The molecule has 1 heterocycles. The third kappa shape index (κ3) is 10.3. The lowest BCUT2D eigenvalue weighted by Gasteiger charge is -2.17. The van der Waals surface area contributed by atoms with Crippen molar-refractivity contribution in [3.05, 3.63) is 96.1 Å². The molecule has 3 aromatic carbocycles. The Kier molecular flexibility index (Phi) is 11.9. The van der Waals surface area contributed by atoms with Crippen molar-refractivity contribution in [2.24, 2.45) is 0 Å². The first-order chi connectivity index (χ1) is 18.7. The van der Waals surface area contributed by atoms with Crippen LogP contribution in [0.4, 0.5) is 0 Å². The first-order valence-electron chi connectivity index (χ1n) is 13.2. The number of hydrogen-bond donors (Lipinski definition) is 0. The van der Waals surface area contributed by atoms with E-state index in [-0.39, 0.29) is 0 Å². The van der Waals surface area contributed by atoms with Crippen LogP contribution in [-0.2, 0) is 12.8 Å². The average molecular weight is 567 g/mol. The van der Waals surface area contributed by atoms with Gasteiger partial charge >= 0.3 is 0 Å². The van der Waals surface area contributed by atoms with Crippen molar-refractivity contribution in [1.29, 1.82) is 0 Å². The SMILES string of the molecule is CCCCCOc1ccc(-c2cc(-c3ccc(CC)cc3)[s+]c(-c3ccc(CC)cc3)c2)cc1.[O-][Cl+3]([O-])([O-])[O-]. The van der Waals surface area contributed by atoms with Gasteiger partial charge in [-0.25, -0.2) is 18.6 Å². The van der Waals surface area contributed by atoms with E-state index in [9.17, 15) is 0 Å². The summed E-state index contributed by atoms with van der Waals surface area (Å²) in [5.74, 6) is 0.948. The Hall–Kier alpha value is -2.84. The highest BCUT2D eigenvalue weighted by Crippen LogP contribution is 2.38. The van der Waals surface area contributed by atoms with Gasteiger partial charge in [0.15, 0.2) is 0 Å². The maximum Gasteiger partial charge on any atom is 0.239 e. The number of aryl methyl sites for hydroxylation is 2. The molecule has 0 aliphatic carbocycles. The minimum atomic E-state index is -4.94. The summed E-state index contributed by atoms with van der Waals surface area (Å²) in [6.07, 6.45) is 5.66. The van der Waals surface area contributed by atoms with E-state index in [2.05, 4.69) is 106 Å². The van der Waals surface area contributed by atoms with Gasteiger partial charge in [-0.1, -0.05) is 70.0 Å². The van der Waals surface area contributed by atoms with Gasteiger partial charge in [-0.05, 0) is 77.9 Å². The summed E-state index contributed by atoms with van der Waals surface area (Å²) in [6.45, 7) is 7.41. The van der Waals surface area contributed by atoms with Crippen molar-refractivity contribution in [2.45, 2.75) is 52.9 Å². The van der Waals surface area contributed by atoms with E-state index in [0.29, 0.717) is 0 Å². The van der Waals surface area contributed by atoms with E-state index in [1.165, 1.54) is 56.0 Å². The Morgan fingerprint density at radius 2 is 1.03 bits per heavy atom. The molecule has 0 N–H and O–H groups in total. The van der Waals surface area contributed by atoms with Crippen LogP contribution >= 0.6 is 11.3 Å². The highest BCUT2D eigenvalue weighted by Gasteiger charge is 2.19. The second-order valence-electron chi connectivity index (χ2n) is 9.13. The summed E-state index contributed by atoms with van der Waals surface area (Å²) in [6, 6.07) is 31.2. The number of hydrogen-bond acceptors (Lipinski definition) is 5. The smallest absolute Gasteiger partial charge is 0.239 e. The normalized spacial score (nSPS) is 11.1. The maximum absolute atomic E-state index is 8.49. The van der Waals surface area contributed by atoms with E-state index >= 15 is 0 Å². The highest BCUT2D eigenvalue weighted by molar-refractivity contribution is 7.18. The predicted octanol–water partition coefficient (Wildman–Crippen LogP) is 4.97. The zero-order valence-electron chi connectivity index (χ0n) is 22.7. The molecule has 0 atom stereocenters. The molecule has 0 saturated heterocycles. The number of unbranched alkanes of at least 4 members (excludes halogenated alkanes) is 2. The summed E-state index contributed by atoms with van der Waals surface area (Å²) in [7, 11) is -4.94. The minimum absolute atomic E-state index is 0.788. The van der Waals surface area contributed by atoms with Crippen LogP contribution in [0.3, 0.4) is 0 Å². The van der Waals surface area contributed by atoms with Crippen LogP contribution in [0.2, 0.25) is 0 Å². The molecule has 4 rings (SSSR count). The Labute approximate surface area is 237 Å². The molecule has 5 nitrogen and oxygen atoms in total. The fraction of sp³-hybridized carbons (Fsp3) is 0.281. The van der Waals surface area contributed by atoms with E-state index in [1.54, 1.807) is 0 Å². The average Bonchev–Trinajstić information content (AvgIpc) is 2.94. The Balaban J connectivity index is 0.000000771. The van der Waals surface area contributed by atoms with Gasteiger partial charge in [0, 0.05) is 23.3 Å². The number of benzene rings is 3.